The highest BCUT2D eigenvalue weighted by Crippen LogP contribution is 2.19. The predicted octanol–water partition coefficient (Wildman–Crippen LogP) is 2.70. The van der Waals surface area contributed by atoms with Crippen molar-refractivity contribution in [2.45, 2.75) is 40.7 Å². The van der Waals surface area contributed by atoms with E-state index in [9.17, 15) is 0 Å². The molecule has 0 fully saturated rings. The van der Waals surface area contributed by atoms with E-state index in [1.807, 2.05) is 19.9 Å². The van der Waals surface area contributed by atoms with Gasteiger partial charge in [-0.05, 0) is 26.7 Å². The molecule has 1 atom stereocenters. The van der Waals surface area contributed by atoms with Gasteiger partial charge in [0.2, 0.25) is 5.95 Å². The van der Waals surface area contributed by atoms with Crippen LogP contribution >= 0.6 is 0 Å². The normalized spacial score (nSPS) is 12.6. The summed E-state index contributed by atoms with van der Waals surface area (Å²) in [4.78, 5) is 11.1. The van der Waals surface area contributed by atoms with Crippen LogP contribution in [0.15, 0.2) is 6.07 Å². The van der Waals surface area contributed by atoms with Crippen LogP contribution in [0.2, 0.25) is 0 Å². The SMILES string of the molecule is CCNc1nc(C)cc(N(C)C(C)C(C)C)n1. The molecule has 4 heteroatoms. The molecule has 0 saturated carbocycles. The van der Waals surface area contributed by atoms with Crippen molar-refractivity contribution in [2.24, 2.45) is 5.92 Å². The van der Waals surface area contributed by atoms with Crippen LogP contribution in [0.3, 0.4) is 0 Å². The zero-order valence-electron chi connectivity index (χ0n) is 11.8. The number of aryl methyl sites for hydroxylation is 1. The number of nitrogens with one attached hydrogen (secondary N) is 1. The van der Waals surface area contributed by atoms with E-state index in [1.54, 1.807) is 0 Å². The Kier molecular flexibility index (Phi) is 4.73. The van der Waals surface area contributed by atoms with Crippen LogP contribution in [0.5, 0.6) is 0 Å². The van der Waals surface area contributed by atoms with E-state index in [2.05, 4.69) is 48.0 Å². The molecule has 96 valence electrons. The molecule has 1 aromatic rings. The maximum Gasteiger partial charge on any atom is 0.224 e. The van der Waals surface area contributed by atoms with E-state index in [4.69, 9.17) is 0 Å². The molecule has 1 unspecified atom stereocenters. The van der Waals surface area contributed by atoms with E-state index in [1.165, 1.54) is 0 Å². The second-order valence-electron chi connectivity index (χ2n) is 4.82. The second-order valence-corrected chi connectivity index (χ2v) is 4.82. The van der Waals surface area contributed by atoms with Crippen molar-refractivity contribution in [3.05, 3.63) is 11.8 Å². The van der Waals surface area contributed by atoms with Crippen molar-refractivity contribution < 1.29 is 0 Å². The minimum atomic E-state index is 0.457. The maximum absolute atomic E-state index is 4.53. The van der Waals surface area contributed by atoms with Gasteiger partial charge < -0.3 is 10.2 Å². The molecule has 0 radical (unpaired) electrons. The van der Waals surface area contributed by atoms with E-state index in [0.29, 0.717) is 17.9 Å². The summed E-state index contributed by atoms with van der Waals surface area (Å²) in [7, 11) is 2.09. The Labute approximate surface area is 104 Å². The van der Waals surface area contributed by atoms with Gasteiger partial charge in [0.05, 0.1) is 0 Å². The molecule has 4 nitrogen and oxygen atoms in total. The molecule has 17 heavy (non-hydrogen) atoms. The highest BCUT2D eigenvalue weighted by Gasteiger charge is 2.15. The van der Waals surface area contributed by atoms with E-state index >= 15 is 0 Å². The lowest BCUT2D eigenvalue weighted by Crippen LogP contribution is -2.34. The van der Waals surface area contributed by atoms with E-state index in [0.717, 1.165) is 18.1 Å². The third-order valence-electron chi connectivity index (χ3n) is 3.11. The summed E-state index contributed by atoms with van der Waals surface area (Å²) in [5.41, 5.74) is 0.994. The van der Waals surface area contributed by atoms with Gasteiger partial charge in [-0.15, -0.1) is 0 Å². The number of anilines is 2. The summed E-state index contributed by atoms with van der Waals surface area (Å²) in [6.07, 6.45) is 0. The Morgan fingerprint density at radius 3 is 2.47 bits per heavy atom. The van der Waals surface area contributed by atoms with Gasteiger partial charge in [0.15, 0.2) is 0 Å². The third-order valence-corrected chi connectivity index (χ3v) is 3.11. The summed E-state index contributed by atoms with van der Waals surface area (Å²) in [5.74, 6) is 2.29. The molecule has 0 bridgehead atoms. The molecule has 0 aliphatic heterocycles. The van der Waals surface area contributed by atoms with Crippen molar-refractivity contribution in [3.63, 3.8) is 0 Å². The van der Waals surface area contributed by atoms with Crippen molar-refractivity contribution in [1.29, 1.82) is 0 Å². The minimum Gasteiger partial charge on any atom is -0.357 e. The number of nitrogens with zero attached hydrogens (tertiary/aromatic N) is 3. The molecule has 0 amide bonds. The average molecular weight is 236 g/mol. The Balaban J connectivity index is 2.96. The van der Waals surface area contributed by atoms with E-state index < -0.39 is 0 Å². The van der Waals surface area contributed by atoms with Gasteiger partial charge >= 0.3 is 0 Å². The van der Waals surface area contributed by atoms with Gasteiger partial charge in [-0.3, -0.25) is 0 Å². The van der Waals surface area contributed by atoms with Crippen molar-refractivity contribution >= 4 is 11.8 Å². The highest BCUT2D eigenvalue weighted by molar-refractivity contribution is 5.44. The number of hydrogen-bond donors (Lipinski definition) is 1. The highest BCUT2D eigenvalue weighted by atomic mass is 15.2. The van der Waals surface area contributed by atoms with Crippen molar-refractivity contribution in [1.82, 2.24) is 9.97 Å². The quantitative estimate of drug-likeness (QED) is 0.853. The summed E-state index contributed by atoms with van der Waals surface area (Å²) >= 11 is 0. The monoisotopic (exact) mass is 236 g/mol. The van der Waals surface area contributed by atoms with Crippen LogP contribution in [0.1, 0.15) is 33.4 Å². The zero-order chi connectivity index (χ0) is 13.0. The molecular weight excluding hydrogens is 212 g/mol. The Hall–Kier alpha value is -1.32. The summed E-state index contributed by atoms with van der Waals surface area (Å²) in [6.45, 7) is 11.5. The van der Waals surface area contributed by atoms with Crippen LogP contribution in [0.4, 0.5) is 11.8 Å². The third kappa shape index (κ3) is 3.58. The fourth-order valence-corrected chi connectivity index (χ4v) is 1.63. The first-order valence-corrected chi connectivity index (χ1v) is 6.28. The predicted molar refractivity (Wildman–Crippen MR) is 73.6 cm³/mol. The minimum absolute atomic E-state index is 0.457. The Morgan fingerprint density at radius 1 is 1.29 bits per heavy atom. The first-order chi connectivity index (χ1) is 7.95. The number of rotatable bonds is 5. The van der Waals surface area contributed by atoms with Gasteiger partial charge in [0.1, 0.15) is 5.82 Å². The molecule has 1 aromatic heterocycles. The van der Waals surface area contributed by atoms with Gasteiger partial charge in [-0.1, -0.05) is 13.8 Å². The van der Waals surface area contributed by atoms with Crippen molar-refractivity contribution in [3.8, 4) is 0 Å². The smallest absolute Gasteiger partial charge is 0.224 e. The summed E-state index contributed by atoms with van der Waals surface area (Å²) in [6, 6.07) is 2.48. The summed E-state index contributed by atoms with van der Waals surface area (Å²) in [5, 5.41) is 3.16. The molecule has 0 aromatic carbocycles. The molecule has 1 rings (SSSR count). The van der Waals surface area contributed by atoms with Gasteiger partial charge in [-0.2, -0.15) is 4.98 Å². The second kappa shape index (κ2) is 5.84. The number of aromatic nitrogens is 2. The topological polar surface area (TPSA) is 41.1 Å². The molecular formula is C13H24N4. The molecule has 0 aliphatic rings. The number of hydrogen-bond acceptors (Lipinski definition) is 4. The van der Waals surface area contributed by atoms with Crippen molar-refractivity contribution in [2.75, 3.05) is 23.8 Å². The van der Waals surface area contributed by atoms with Crippen LogP contribution in [0.25, 0.3) is 0 Å². The maximum atomic E-state index is 4.53. The molecule has 0 aliphatic carbocycles. The molecule has 1 N–H and O–H groups in total. The van der Waals surface area contributed by atoms with Gasteiger partial charge in [-0.25, -0.2) is 4.98 Å². The molecule has 0 spiro atoms. The zero-order valence-corrected chi connectivity index (χ0v) is 11.8. The fourth-order valence-electron chi connectivity index (χ4n) is 1.63. The lowest BCUT2D eigenvalue weighted by molar-refractivity contribution is 0.502. The van der Waals surface area contributed by atoms with Crippen LogP contribution < -0.4 is 10.2 Å². The van der Waals surface area contributed by atoms with Crippen LogP contribution in [-0.4, -0.2) is 29.6 Å². The van der Waals surface area contributed by atoms with Crippen LogP contribution in [0, 0.1) is 12.8 Å². The lowest BCUT2D eigenvalue weighted by Gasteiger charge is -2.29. The largest absolute Gasteiger partial charge is 0.357 e. The Morgan fingerprint density at radius 2 is 1.94 bits per heavy atom. The van der Waals surface area contributed by atoms with Gasteiger partial charge in [0.25, 0.3) is 0 Å². The lowest BCUT2D eigenvalue weighted by atomic mass is 10.1. The first kappa shape index (κ1) is 13.7. The van der Waals surface area contributed by atoms with Crippen LogP contribution in [-0.2, 0) is 0 Å². The standard InChI is InChI=1S/C13H24N4/c1-7-14-13-15-10(4)8-12(16-13)17(6)11(5)9(2)3/h8-9,11H,7H2,1-6H3,(H,14,15,16). The average Bonchev–Trinajstić information content (AvgIpc) is 2.26. The molecule has 0 saturated heterocycles. The van der Waals surface area contributed by atoms with Gasteiger partial charge in [0, 0.05) is 31.4 Å². The molecule has 1 heterocycles. The van der Waals surface area contributed by atoms with E-state index in [-0.39, 0.29) is 0 Å². The summed E-state index contributed by atoms with van der Waals surface area (Å²) < 4.78 is 0. The first-order valence-electron chi connectivity index (χ1n) is 6.28. The Bertz CT molecular complexity index is 362. The fraction of sp³-hybridized carbons (Fsp3) is 0.692.